The summed E-state index contributed by atoms with van der Waals surface area (Å²) in [5.41, 5.74) is 3.23. The molecule has 0 fully saturated rings. The molecule has 0 atom stereocenters. The molecule has 1 aliphatic heterocycles. The minimum absolute atomic E-state index is 0.0555. The zero-order valence-corrected chi connectivity index (χ0v) is 12.1. The number of carbonyl (C=O) groups is 1. The maximum absolute atomic E-state index is 12.0. The van der Waals surface area contributed by atoms with Gasteiger partial charge in [0, 0.05) is 23.9 Å². The second kappa shape index (κ2) is 5.55. The van der Waals surface area contributed by atoms with Gasteiger partial charge in [0.25, 0.3) is 0 Å². The molecule has 0 saturated carbocycles. The lowest BCUT2D eigenvalue weighted by atomic mass is 10.1. The quantitative estimate of drug-likeness (QED) is 0.821. The van der Waals surface area contributed by atoms with Crippen molar-refractivity contribution in [2.75, 3.05) is 4.90 Å². The molecule has 0 unspecified atom stereocenters. The molecule has 0 aliphatic carbocycles. The number of para-hydroxylation sites is 1. The summed E-state index contributed by atoms with van der Waals surface area (Å²) in [4.78, 5) is 15.0. The normalized spacial score (nSPS) is 13.7. The summed E-state index contributed by atoms with van der Waals surface area (Å²) in [6, 6.07) is 18.3. The Kier molecular flexibility index (Phi) is 3.61. The Labute approximate surface area is 123 Å². The predicted octanol–water partition coefficient (Wildman–Crippen LogP) is 4.23. The highest BCUT2D eigenvalue weighted by Gasteiger charge is 2.23. The fourth-order valence-corrected chi connectivity index (χ4v) is 3.27. The molecular weight excluding hydrogens is 266 g/mol. The van der Waals surface area contributed by atoms with Crippen molar-refractivity contribution in [3.63, 3.8) is 0 Å². The maximum atomic E-state index is 12.0. The van der Waals surface area contributed by atoms with E-state index in [0.717, 1.165) is 22.7 Å². The number of benzene rings is 2. The smallest absolute Gasteiger partial charge is 0.228 e. The molecule has 1 heterocycles. The molecule has 1 aliphatic rings. The number of hydrogen-bond acceptors (Lipinski definition) is 2. The Balaban J connectivity index is 1.95. The van der Waals surface area contributed by atoms with Gasteiger partial charge in [-0.15, -0.1) is 0 Å². The number of anilines is 1. The van der Waals surface area contributed by atoms with Gasteiger partial charge in [0.05, 0.1) is 5.69 Å². The van der Waals surface area contributed by atoms with Gasteiger partial charge in [0.15, 0.2) is 0 Å². The van der Waals surface area contributed by atoms with E-state index in [1.807, 2.05) is 47.4 Å². The van der Waals surface area contributed by atoms with Gasteiger partial charge in [-0.3, -0.25) is 9.69 Å². The molecular formula is C17H15NOS. The number of amides is 1. The van der Waals surface area contributed by atoms with Crippen LogP contribution < -0.4 is 4.90 Å². The van der Waals surface area contributed by atoms with Gasteiger partial charge in [-0.2, -0.15) is 0 Å². The Morgan fingerprint density at radius 3 is 2.50 bits per heavy atom. The van der Waals surface area contributed by atoms with E-state index in [1.165, 1.54) is 5.56 Å². The van der Waals surface area contributed by atoms with E-state index < -0.39 is 0 Å². The molecule has 0 spiro atoms. The minimum Gasteiger partial charge on any atom is -0.283 e. The Morgan fingerprint density at radius 2 is 1.75 bits per heavy atom. The van der Waals surface area contributed by atoms with Crippen LogP contribution in [0.3, 0.4) is 0 Å². The third kappa shape index (κ3) is 2.49. The largest absolute Gasteiger partial charge is 0.283 e. The zero-order valence-electron chi connectivity index (χ0n) is 11.2. The zero-order chi connectivity index (χ0) is 13.9. The summed E-state index contributed by atoms with van der Waals surface area (Å²) in [6.45, 7) is 1.62. The van der Waals surface area contributed by atoms with Crippen molar-refractivity contribution in [2.24, 2.45) is 0 Å². The van der Waals surface area contributed by atoms with Crippen LogP contribution in [0.5, 0.6) is 0 Å². The molecule has 3 heteroatoms. The lowest BCUT2D eigenvalue weighted by Gasteiger charge is -2.29. The van der Waals surface area contributed by atoms with E-state index in [9.17, 15) is 4.79 Å². The highest BCUT2D eigenvalue weighted by Crippen LogP contribution is 2.39. The Bertz CT molecular complexity index is 664. The Morgan fingerprint density at radius 1 is 1.05 bits per heavy atom. The molecule has 0 radical (unpaired) electrons. The first-order valence-corrected chi connectivity index (χ1v) is 7.43. The first kappa shape index (κ1) is 13.0. The minimum atomic E-state index is 0.0555. The third-order valence-corrected chi connectivity index (χ3v) is 4.25. The van der Waals surface area contributed by atoms with Crippen molar-refractivity contribution >= 4 is 23.4 Å². The SMILES string of the molecule is CC(=O)N1C(Cc2ccccc2)=CSc2ccccc21. The molecule has 0 saturated heterocycles. The van der Waals surface area contributed by atoms with E-state index in [1.54, 1.807) is 18.7 Å². The fourth-order valence-electron chi connectivity index (χ4n) is 2.38. The van der Waals surface area contributed by atoms with Crippen LogP contribution in [0, 0.1) is 0 Å². The number of hydrogen-bond donors (Lipinski definition) is 0. The number of thioether (sulfide) groups is 1. The van der Waals surface area contributed by atoms with Crippen LogP contribution in [-0.2, 0) is 11.2 Å². The van der Waals surface area contributed by atoms with Gasteiger partial charge in [-0.25, -0.2) is 0 Å². The summed E-state index contributed by atoms with van der Waals surface area (Å²) < 4.78 is 0. The predicted molar refractivity (Wildman–Crippen MR) is 83.7 cm³/mol. The van der Waals surface area contributed by atoms with Gasteiger partial charge >= 0.3 is 0 Å². The standard InChI is InChI=1S/C17H15NOS/c1-13(19)18-15(11-14-7-3-2-4-8-14)12-20-17-10-6-5-9-16(17)18/h2-10,12H,11H2,1H3. The molecule has 3 rings (SSSR count). The second-order valence-electron chi connectivity index (χ2n) is 4.71. The summed E-state index contributed by atoms with van der Waals surface area (Å²) in [5.74, 6) is 0.0555. The highest BCUT2D eigenvalue weighted by atomic mass is 32.2. The van der Waals surface area contributed by atoms with Crippen LogP contribution >= 0.6 is 11.8 Å². The molecule has 2 aromatic rings. The molecule has 2 aromatic carbocycles. The maximum Gasteiger partial charge on any atom is 0.228 e. The molecule has 0 N–H and O–H groups in total. The lowest BCUT2D eigenvalue weighted by molar-refractivity contribution is -0.116. The summed E-state index contributed by atoms with van der Waals surface area (Å²) >= 11 is 1.68. The van der Waals surface area contributed by atoms with E-state index in [-0.39, 0.29) is 5.91 Å². The summed E-state index contributed by atoms with van der Waals surface area (Å²) in [5, 5.41) is 2.08. The number of carbonyl (C=O) groups excluding carboxylic acids is 1. The van der Waals surface area contributed by atoms with Crippen molar-refractivity contribution < 1.29 is 4.79 Å². The first-order valence-electron chi connectivity index (χ1n) is 6.55. The van der Waals surface area contributed by atoms with Crippen LogP contribution in [0.15, 0.2) is 70.6 Å². The average Bonchev–Trinajstić information content (AvgIpc) is 2.47. The van der Waals surface area contributed by atoms with Crippen LogP contribution in [0.1, 0.15) is 12.5 Å². The van der Waals surface area contributed by atoms with Gasteiger partial charge < -0.3 is 0 Å². The molecule has 100 valence electrons. The second-order valence-corrected chi connectivity index (χ2v) is 5.62. The van der Waals surface area contributed by atoms with E-state index in [4.69, 9.17) is 0 Å². The first-order chi connectivity index (χ1) is 9.75. The Hall–Kier alpha value is -2.00. The van der Waals surface area contributed by atoms with Gasteiger partial charge in [0.1, 0.15) is 0 Å². The topological polar surface area (TPSA) is 20.3 Å². The van der Waals surface area contributed by atoms with Gasteiger partial charge in [0.2, 0.25) is 5.91 Å². The van der Waals surface area contributed by atoms with Gasteiger partial charge in [-0.1, -0.05) is 54.2 Å². The monoisotopic (exact) mass is 281 g/mol. The van der Waals surface area contributed by atoms with Crippen molar-refractivity contribution in [3.8, 4) is 0 Å². The summed E-state index contributed by atoms with van der Waals surface area (Å²) in [6.07, 6.45) is 0.766. The highest BCUT2D eigenvalue weighted by molar-refractivity contribution is 8.02. The third-order valence-electron chi connectivity index (χ3n) is 3.26. The van der Waals surface area contributed by atoms with E-state index in [0.29, 0.717) is 0 Å². The van der Waals surface area contributed by atoms with Crippen molar-refractivity contribution in [1.29, 1.82) is 0 Å². The molecule has 0 aromatic heterocycles. The molecule has 0 bridgehead atoms. The van der Waals surface area contributed by atoms with Crippen molar-refractivity contribution in [1.82, 2.24) is 0 Å². The summed E-state index contributed by atoms with van der Waals surface area (Å²) in [7, 11) is 0. The number of allylic oxidation sites excluding steroid dienone is 1. The fraction of sp³-hybridized carbons (Fsp3) is 0.118. The number of nitrogens with zero attached hydrogens (tertiary/aromatic N) is 1. The average molecular weight is 281 g/mol. The van der Waals surface area contributed by atoms with Crippen LogP contribution in [0.25, 0.3) is 0 Å². The lowest BCUT2D eigenvalue weighted by Crippen LogP contribution is -2.30. The van der Waals surface area contributed by atoms with E-state index >= 15 is 0 Å². The molecule has 2 nitrogen and oxygen atoms in total. The number of fused-ring (bicyclic) bond motifs is 1. The molecule has 1 amide bonds. The van der Waals surface area contributed by atoms with Crippen LogP contribution in [-0.4, -0.2) is 5.91 Å². The van der Waals surface area contributed by atoms with Crippen molar-refractivity contribution in [3.05, 3.63) is 71.3 Å². The van der Waals surface area contributed by atoms with E-state index in [2.05, 4.69) is 17.5 Å². The van der Waals surface area contributed by atoms with Gasteiger partial charge in [-0.05, 0) is 23.1 Å². The van der Waals surface area contributed by atoms with Crippen LogP contribution in [0.4, 0.5) is 5.69 Å². The molecule has 20 heavy (non-hydrogen) atoms. The van der Waals surface area contributed by atoms with Crippen molar-refractivity contribution in [2.45, 2.75) is 18.2 Å². The van der Waals surface area contributed by atoms with Crippen LogP contribution in [0.2, 0.25) is 0 Å². The number of rotatable bonds is 2.